The number of thiocarbonyl (C=S) groups is 1. The fourth-order valence-electron chi connectivity index (χ4n) is 2.44. The normalized spacial score (nSPS) is 15.8. The fourth-order valence-corrected chi connectivity index (χ4v) is 2.85. The van der Waals surface area contributed by atoms with E-state index in [9.17, 15) is 19.5 Å². The molecule has 0 aromatic heterocycles. The number of carboxylic acid groups (broad SMARTS) is 1. The van der Waals surface area contributed by atoms with Crippen molar-refractivity contribution in [3.05, 3.63) is 64.2 Å². The lowest BCUT2D eigenvalue weighted by molar-refractivity contribution is -0.122. The molecule has 0 unspecified atom stereocenters. The van der Waals surface area contributed by atoms with Gasteiger partial charge in [0.25, 0.3) is 11.8 Å². The smallest absolute Gasteiger partial charge is 0.335 e. The lowest BCUT2D eigenvalue weighted by Gasteiger charge is -2.29. The lowest BCUT2D eigenvalue weighted by atomic mass is 10.0. The summed E-state index contributed by atoms with van der Waals surface area (Å²) < 4.78 is 0. The monoisotopic (exact) mass is 402 g/mol. The van der Waals surface area contributed by atoms with E-state index < -0.39 is 17.8 Å². The molecule has 2 aromatic rings. The maximum Gasteiger partial charge on any atom is 0.335 e. The van der Waals surface area contributed by atoms with Crippen LogP contribution in [0.3, 0.4) is 0 Å². The van der Waals surface area contributed by atoms with Gasteiger partial charge in [0.05, 0.1) is 11.3 Å². The van der Waals surface area contributed by atoms with Gasteiger partial charge in [0.1, 0.15) is 11.3 Å². The SMILES string of the molecule is O=C1NC(=S)N(c2ccc(Cl)cc2)C(=O)/C1=C\c1cc(C(=O)O)ccc1O. The fraction of sp³-hybridized carbons (Fsp3) is 0. The zero-order chi connectivity index (χ0) is 19.7. The average Bonchev–Trinajstić information content (AvgIpc) is 2.61. The van der Waals surface area contributed by atoms with Crippen LogP contribution in [-0.2, 0) is 9.59 Å². The van der Waals surface area contributed by atoms with Crippen LogP contribution < -0.4 is 10.2 Å². The number of benzene rings is 2. The van der Waals surface area contributed by atoms with E-state index in [1.807, 2.05) is 0 Å². The summed E-state index contributed by atoms with van der Waals surface area (Å²) in [5.41, 5.74) is -0.00846. The number of aromatic carboxylic acids is 1. The van der Waals surface area contributed by atoms with Crippen molar-refractivity contribution in [3.8, 4) is 5.75 Å². The van der Waals surface area contributed by atoms with Gasteiger partial charge < -0.3 is 10.2 Å². The van der Waals surface area contributed by atoms with Crippen LogP contribution in [0.2, 0.25) is 5.02 Å². The standard InChI is InChI=1S/C18H11ClN2O5S/c19-11-2-4-12(5-3-11)21-16(24)13(15(23)20-18(21)27)8-10-7-9(17(25)26)1-6-14(10)22/h1-8,22H,(H,25,26)(H,20,23,27)/b13-8-. The second-order valence-corrected chi connectivity index (χ2v) is 6.34. The Morgan fingerprint density at radius 1 is 1.15 bits per heavy atom. The van der Waals surface area contributed by atoms with Crippen molar-refractivity contribution >= 4 is 58.5 Å². The number of phenolic OH excluding ortho intramolecular Hbond substituents is 1. The third kappa shape index (κ3) is 3.67. The molecule has 1 aliphatic heterocycles. The average molecular weight is 403 g/mol. The van der Waals surface area contributed by atoms with Crippen LogP contribution in [0.15, 0.2) is 48.0 Å². The maximum atomic E-state index is 12.8. The van der Waals surface area contributed by atoms with Crippen LogP contribution in [0.5, 0.6) is 5.75 Å². The van der Waals surface area contributed by atoms with Crippen molar-refractivity contribution in [2.45, 2.75) is 0 Å². The Balaban J connectivity index is 2.06. The number of carboxylic acids is 1. The second kappa shape index (κ2) is 7.18. The minimum atomic E-state index is -1.21. The van der Waals surface area contributed by atoms with Crippen molar-refractivity contribution in [1.29, 1.82) is 0 Å². The number of rotatable bonds is 3. The Hall–Kier alpha value is -3.23. The molecule has 0 saturated carbocycles. The van der Waals surface area contributed by atoms with Gasteiger partial charge in [0.2, 0.25) is 0 Å². The Bertz CT molecular complexity index is 1020. The van der Waals surface area contributed by atoms with E-state index >= 15 is 0 Å². The summed E-state index contributed by atoms with van der Waals surface area (Å²) >= 11 is 10.9. The summed E-state index contributed by atoms with van der Waals surface area (Å²) in [5, 5.41) is 21.8. The van der Waals surface area contributed by atoms with E-state index in [1.165, 1.54) is 12.1 Å². The van der Waals surface area contributed by atoms with Gasteiger partial charge in [-0.25, -0.2) is 4.79 Å². The van der Waals surface area contributed by atoms with Crippen molar-refractivity contribution in [2.24, 2.45) is 0 Å². The van der Waals surface area contributed by atoms with Crippen LogP contribution in [0, 0.1) is 0 Å². The first-order valence-corrected chi connectivity index (χ1v) is 8.30. The molecular weight excluding hydrogens is 392 g/mol. The molecule has 2 amide bonds. The van der Waals surface area contributed by atoms with Gasteiger partial charge in [0, 0.05) is 10.6 Å². The zero-order valence-electron chi connectivity index (χ0n) is 13.5. The predicted molar refractivity (Wildman–Crippen MR) is 103 cm³/mol. The number of nitrogens with one attached hydrogen (secondary N) is 1. The van der Waals surface area contributed by atoms with E-state index in [-0.39, 0.29) is 27.6 Å². The van der Waals surface area contributed by atoms with Crippen LogP contribution in [0.1, 0.15) is 15.9 Å². The molecule has 0 spiro atoms. The van der Waals surface area contributed by atoms with E-state index in [0.29, 0.717) is 10.7 Å². The summed E-state index contributed by atoms with van der Waals surface area (Å²) in [6.07, 6.45) is 1.12. The van der Waals surface area contributed by atoms with Gasteiger partial charge in [-0.1, -0.05) is 11.6 Å². The Morgan fingerprint density at radius 2 is 1.81 bits per heavy atom. The third-order valence-electron chi connectivity index (χ3n) is 3.76. The predicted octanol–water partition coefficient (Wildman–Crippen LogP) is 2.58. The van der Waals surface area contributed by atoms with Crippen LogP contribution in [0.4, 0.5) is 5.69 Å². The number of nitrogens with zero attached hydrogens (tertiary/aromatic N) is 1. The van der Waals surface area contributed by atoms with E-state index in [4.69, 9.17) is 28.9 Å². The highest BCUT2D eigenvalue weighted by atomic mass is 35.5. The number of halogens is 1. The molecule has 1 fully saturated rings. The maximum absolute atomic E-state index is 12.8. The van der Waals surface area contributed by atoms with Gasteiger partial charge in [-0.15, -0.1) is 0 Å². The zero-order valence-corrected chi connectivity index (χ0v) is 15.0. The van der Waals surface area contributed by atoms with Gasteiger partial charge in [-0.05, 0) is 60.8 Å². The minimum absolute atomic E-state index is 0.0114. The second-order valence-electron chi connectivity index (χ2n) is 5.51. The Kier molecular flexibility index (Phi) is 4.93. The quantitative estimate of drug-likeness (QED) is 0.414. The van der Waals surface area contributed by atoms with Crippen molar-refractivity contribution in [3.63, 3.8) is 0 Å². The first kappa shape index (κ1) is 18.6. The molecule has 3 N–H and O–H groups in total. The lowest BCUT2D eigenvalue weighted by Crippen LogP contribution is -2.54. The Morgan fingerprint density at radius 3 is 2.44 bits per heavy atom. The number of hydrogen-bond acceptors (Lipinski definition) is 5. The molecule has 27 heavy (non-hydrogen) atoms. The molecule has 1 aliphatic rings. The largest absolute Gasteiger partial charge is 0.507 e. The minimum Gasteiger partial charge on any atom is -0.507 e. The topological polar surface area (TPSA) is 107 Å². The Labute approximate surface area is 163 Å². The number of amides is 2. The number of hydrogen-bond donors (Lipinski definition) is 3. The van der Waals surface area contributed by atoms with E-state index in [2.05, 4.69) is 5.32 Å². The molecule has 3 rings (SSSR count). The van der Waals surface area contributed by atoms with Crippen LogP contribution in [0.25, 0.3) is 6.08 Å². The highest BCUT2D eigenvalue weighted by Crippen LogP contribution is 2.26. The van der Waals surface area contributed by atoms with Crippen molar-refractivity contribution in [1.82, 2.24) is 5.32 Å². The summed E-state index contributed by atoms with van der Waals surface area (Å²) in [5.74, 6) is -2.96. The number of aromatic hydroxyl groups is 1. The summed E-state index contributed by atoms with van der Waals surface area (Å²) in [4.78, 5) is 37.3. The molecule has 0 radical (unpaired) electrons. The molecule has 136 valence electrons. The number of carbonyl (C=O) groups excluding carboxylic acids is 2. The number of phenols is 1. The molecule has 0 aliphatic carbocycles. The van der Waals surface area contributed by atoms with Crippen molar-refractivity contribution < 1.29 is 24.6 Å². The van der Waals surface area contributed by atoms with Crippen LogP contribution >= 0.6 is 23.8 Å². The van der Waals surface area contributed by atoms with E-state index in [0.717, 1.165) is 17.0 Å². The summed E-state index contributed by atoms with van der Waals surface area (Å²) in [7, 11) is 0. The molecular formula is C18H11ClN2O5S. The highest BCUT2D eigenvalue weighted by molar-refractivity contribution is 7.80. The summed E-state index contributed by atoms with van der Waals surface area (Å²) in [6.45, 7) is 0. The molecule has 2 aromatic carbocycles. The van der Waals surface area contributed by atoms with Gasteiger partial charge in [-0.3, -0.25) is 19.8 Å². The summed E-state index contributed by atoms with van der Waals surface area (Å²) in [6, 6.07) is 9.78. The number of anilines is 1. The first-order valence-electron chi connectivity index (χ1n) is 7.51. The number of carbonyl (C=O) groups is 3. The van der Waals surface area contributed by atoms with Crippen molar-refractivity contribution in [2.75, 3.05) is 4.90 Å². The molecule has 0 atom stereocenters. The molecule has 1 heterocycles. The molecule has 1 saturated heterocycles. The van der Waals surface area contributed by atoms with Gasteiger partial charge in [0.15, 0.2) is 5.11 Å². The first-order chi connectivity index (χ1) is 12.8. The third-order valence-corrected chi connectivity index (χ3v) is 4.30. The molecule has 0 bridgehead atoms. The van der Waals surface area contributed by atoms with E-state index in [1.54, 1.807) is 24.3 Å². The molecule has 9 heteroatoms. The van der Waals surface area contributed by atoms with Crippen LogP contribution in [-0.4, -0.2) is 33.1 Å². The van der Waals surface area contributed by atoms with Gasteiger partial charge >= 0.3 is 5.97 Å². The highest BCUT2D eigenvalue weighted by Gasteiger charge is 2.34. The van der Waals surface area contributed by atoms with Gasteiger partial charge in [-0.2, -0.15) is 0 Å². The molecule has 7 nitrogen and oxygen atoms in total.